The van der Waals surface area contributed by atoms with E-state index in [9.17, 15) is 4.39 Å². The minimum absolute atomic E-state index is 0.0135. The molecule has 4 bridgehead atoms. The van der Waals surface area contributed by atoms with E-state index in [2.05, 4.69) is 58.5 Å². The Morgan fingerprint density at radius 1 is 0.742 bits per heavy atom. The van der Waals surface area contributed by atoms with E-state index in [0.717, 1.165) is 122 Å². The number of aromatic nitrogens is 8. The molecule has 17 heteroatoms. The Hall–Kier alpha value is -5.17. The van der Waals surface area contributed by atoms with Gasteiger partial charge in [-0.1, -0.05) is 10.4 Å². The average molecular weight is 902 g/mol. The van der Waals surface area contributed by atoms with Crippen LogP contribution in [0.3, 0.4) is 0 Å². The number of methoxy groups -OCH3 is 1. The highest BCUT2D eigenvalue weighted by molar-refractivity contribution is 5.85. The molecule has 16 nitrogen and oxygen atoms in total. The number of rotatable bonds is 11. The van der Waals surface area contributed by atoms with E-state index in [4.69, 9.17) is 33.2 Å². The lowest BCUT2D eigenvalue weighted by Gasteiger charge is -2.51. The number of alkyl halides is 1. The fraction of sp³-hybridized carbons (Fsp3) is 0.551. The molecule has 2 saturated carbocycles. The van der Waals surface area contributed by atoms with Crippen molar-refractivity contribution < 1.29 is 37.5 Å². The molecule has 1 spiro atoms. The predicted molar refractivity (Wildman–Crippen MR) is 238 cm³/mol. The van der Waals surface area contributed by atoms with Crippen molar-refractivity contribution >= 4 is 21.8 Å². The predicted octanol–water partition coefficient (Wildman–Crippen LogP) is 6.28. The number of benzene rings is 2. The maximum atomic E-state index is 13.5. The van der Waals surface area contributed by atoms with Crippen LogP contribution < -0.4 is 9.47 Å². The monoisotopic (exact) mass is 901 g/mol. The third-order valence-electron chi connectivity index (χ3n) is 15.5. The van der Waals surface area contributed by atoms with Crippen LogP contribution in [0.1, 0.15) is 91.8 Å². The standard InChI is InChI=1S/C26H31N5O4.C23H25FN4O3/c1-17(35-20-3-4-23-22(7-20)21-5-6-33-10-18(21)8-27-23)24-9-31(29-28-24)25-13-26(14-25)16-34-12-19(11-32-2)30(26)15-25;1-15(21-10-28(27-26-21)22-5-6-23(12-22,13-24)30-14-22)31-17-2-3-20-19(8-17)18-4-7-29-11-16(18)9-25-20/h3-4,7-9,17,19H,5-6,10-16H2,1-2H3;2-3,8-10,15H,4-7,11-14H2,1H3. The molecule has 4 saturated heterocycles. The molecule has 2 aromatic carbocycles. The first-order chi connectivity index (χ1) is 32.2. The van der Waals surface area contributed by atoms with Crippen molar-refractivity contribution in [3.8, 4) is 11.5 Å². The quantitative estimate of drug-likeness (QED) is 0.143. The maximum absolute atomic E-state index is 13.5. The van der Waals surface area contributed by atoms with E-state index >= 15 is 0 Å². The van der Waals surface area contributed by atoms with E-state index in [1.165, 1.54) is 16.7 Å². The highest BCUT2D eigenvalue weighted by Crippen LogP contribution is 2.59. The SMILES string of the molecule is CC(Oc1ccc2ncc3c(c2c1)CCOC3)c1cn(C23CCC(CF)(C2)OC3)nn1.COCC1COCC23CC(n4cc(C(C)Oc5ccc6ncc7c(c6c5)CCOC7)nn4)(CN12)C3. The van der Waals surface area contributed by atoms with E-state index < -0.39 is 12.3 Å². The Morgan fingerprint density at radius 3 is 1.89 bits per heavy atom. The van der Waals surface area contributed by atoms with Crippen molar-refractivity contribution in [1.29, 1.82) is 0 Å². The van der Waals surface area contributed by atoms with Crippen molar-refractivity contribution in [2.24, 2.45) is 0 Å². The first kappa shape index (κ1) is 42.2. The summed E-state index contributed by atoms with van der Waals surface area (Å²) in [6.07, 6.45) is 13.5. The molecule has 6 aromatic rings. The fourth-order valence-electron chi connectivity index (χ4n) is 12.1. The third kappa shape index (κ3) is 7.07. The number of ether oxygens (including phenoxy) is 7. The van der Waals surface area contributed by atoms with Gasteiger partial charge >= 0.3 is 0 Å². The summed E-state index contributed by atoms with van der Waals surface area (Å²) in [5.74, 6) is 1.59. The summed E-state index contributed by atoms with van der Waals surface area (Å²) in [5, 5.41) is 20.1. The Kier molecular flexibility index (Phi) is 10.4. The molecule has 2 aliphatic carbocycles. The van der Waals surface area contributed by atoms with Crippen LogP contribution in [0.5, 0.6) is 11.5 Å². The zero-order valence-electron chi connectivity index (χ0n) is 37.8. The molecule has 66 heavy (non-hydrogen) atoms. The smallest absolute Gasteiger partial charge is 0.141 e. The zero-order chi connectivity index (χ0) is 44.7. The van der Waals surface area contributed by atoms with Crippen LogP contribution >= 0.6 is 0 Å². The Bertz CT molecular complexity index is 2780. The van der Waals surface area contributed by atoms with E-state index in [-0.39, 0.29) is 28.8 Å². The number of pyridine rings is 2. The summed E-state index contributed by atoms with van der Waals surface area (Å²) < 4.78 is 58.3. The Balaban J connectivity index is 0.000000139. The van der Waals surface area contributed by atoms with Crippen LogP contribution in [0.25, 0.3) is 21.8 Å². The molecule has 14 rings (SSSR count). The molecule has 0 N–H and O–H groups in total. The number of halogens is 1. The number of hydrogen-bond donors (Lipinski definition) is 0. The van der Waals surface area contributed by atoms with Gasteiger partial charge in [-0.05, 0) is 111 Å². The van der Waals surface area contributed by atoms with E-state index in [0.29, 0.717) is 38.9 Å². The molecule has 0 radical (unpaired) electrons. The summed E-state index contributed by atoms with van der Waals surface area (Å²) >= 11 is 0. The second-order valence-corrected chi connectivity index (χ2v) is 19.7. The van der Waals surface area contributed by atoms with Crippen LogP contribution in [-0.4, -0.2) is 122 Å². The van der Waals surface area contributed by atoms with Crippen molar-refractivity contribution in [2.75, 3.05) is 60.0 Å². The van der Waals surface area contributed by atoms with Gasteiger partial charge in [-0.25, -0.2) is 13.8 Å². The molecule has 5 unspecified atom stereocenters. The van der Waals surface area contributed by atoms with Crippen molar-refractivity contribution in [3.05, 3.63) is 94.8 Å². The number of morpholine rings is 1. The van der Waals surface area contributed by atoms with E-state index in [1.807, 2.05) is 61.4 Å². The molecule has 4 aromatic heterocycles. The van der Waals surface area contributed by atoms with Gasteiger partial charge in [0.05, 0.1) is 99.0 Å². The van der Waals surface area contributed by atoms with Gasteiger partial charge in [0, 0.05) is 48.8 Å². The lowest BCUT2D eigenvalue weighted by atomic mass is 9.67. The maximum Gasteiger partial charge on any atom is 0.141 e. The Labute approximate surface area is 382 Å². The van der Waals surface area contributed by atoms with Crippen molar-refractivity contribution in [2.45, 2.75) is 112 Å². The summed E-state index contributed by atoms with van der Waals surface area (Å²) in [6, 6.07) is 12.4. The summed E-state index contributed by atoms with van der Waals surface area (Å²) in [7, 11) is 1.76. The third-order valence-corrected chi connectivity index (χ3v) is 15.5. The molecule has 346 valence electrons. The first-order valence-electron chi connectivity index (χ1n) is 23.4. The molecule has 0 amide bonds. The van der Waals surface area contributed by atoms with Gasteiger partial charge < -0.3 is 33.2 Å². The van der Waals surface area contributed by atoms with Crippen molar-refractivity contribution in [1.82, 2.24) is 44.9 Å². The number of fused-ring (bicyclic) bond motifs is 8. The van der Waals surface area contributed by atoms with Crippen LogP contribution in [-0.2, 0) is 60.8 Å². The first-order valence-corrected chi connectivity index (χ1v) is 23.4. The Morgan fingerprint density at radius 2 is 1.35 bits per heavy atom. The molecule has 10 heterocycles. The lowest BCUT2D eigenvalue weighted by Crippen LogP contribution is -2.62. The van der Waals surface area contributed by atoms with Crippen molar-refractivity contribution in [3.63, 3.8) is 0 Å². The normalized spacial score (nSPS) is 29.4. The highest BCUT2D eigenvalue weighted by atomic mass is 19.1. The topological polar surface area (TPSA) is 155 Å². The van der Waals surface area contributed by atoms with Gasteiger partial charge in [0.2, 0.25) is 0 Å². The van der Waals surface area contributed by atoms with Crippen LogP contribution in [0.2, 0.25) is 0 Å². The molecule has 8 aliphatic rings. The largest absolute Gasteiger partial charge is 0.484 e. The summed E-state index contributed by atoms with van der Waals surface area (Å²) in [5.41, 5.74) is 7.66. The van der Waals surface area contributed by atoms with Crippen LogP contribution in [0, 0.1) is 0 Å². The minimum atomic E-state index is -0.627. The van der Waals surface area contributed by atoms with Gasteiger partial charge in [0.15, 0.2) is 0 Å². The van der Waals surface area contributed by atoms with Gasteiger partial charge in [-0.15, -0.1) is 10.2 Å². The number of hydrogen-bond acceptors (Lipinski definition) is 14. The molecule has 6 fully saturated rings. The van der Waals surface area contributed by atoms with Crippen LogP contribution in [0.4, 0.5) is 4.39 Å². The summed E-state index contributed by atoms with van der Waals surface area (Å²) in [4.78, 5) is 11.7. The van der Waals surface area contributed by atoms with Gasteiger partial charge in [0.1, 0.15) is 41.8 Å². The fourth-order valence-corrected chi connectivity index (χ4v) is 12.1. The molecule has 5 atom stereocenters. The van der Waals surface area contributed by atoms with Gasteiger partial charge in [0.25, 0.3) is 0 Å². The van der Waals surface area contributed by atoms with Gasteiger partial charge in [-0.3, -0.25) is 14.9 Å². The van der Waals surface area contributed by atoms with Crippen LogP contribution in [0.15, 0.2) is 61.2 Å². The molecule has 6 aliphatic heterocycles. The molecular weight excluding hydrogens is 846 g/mol. The second-order valence-electron chi connectivity index (χ2n) is 19.7. The number of nitrogens with zero attached hydrogens (tertiary/aromatic N) is 9. The van der Waals surface area contributed by atoms with E-state index in [1.54, 1.807) is 7.11 Å². The minimum Gasteiger partial charge on any atom is -0.484 e. The average Bonchev–Trinajstić information content (AvgIpc) is 4.21. The second kappa shape index (κ2) is 16.3. The lowest BCUT2D eigenvalue weighted by molar-refractivity contribution is -0.114. The molecular formula is C49H56FN9O7. The summed E-state index contributed by atoms with van der Waals surface area (Å²) in [6.45, 7) is 9.95. The van der Waals surface area contributed by atoms with Gasteiger partial charge in [-0.2, -0.15) is 0 Å². The zero-order valence-corrected chi connectivity index (χ0v) is 37.8. The highest BCUT2D eigenvalue weighted by Gasteiger charge is 2.69.